The molecule has 1 unspecified atom stereocenters. The number of carbonyl (C=O) groups excluding carboxylic acids is 2. The van der Waals surface area contributed by atoms with E-state index >= 15 is 0 Å². The molecule has 5 rings (SSSR count). The molecular formula is C26H25F2N9O3. The zero-order valence-corrected chi connectivity index (χ0v) is 21.2. The van der Waals surface area contributed by atoms with E-state index in [9.17, 15) is 18.4 Å². The van der Waals surface area contributed by atoms with Gasteiger partial charge in [-0.05, 0) is 35.9 Å². The summed E-state index contributed by atoms with van der Waals surface area (Å²) in [7, 11) is 0. The second-order valence-corrected chi connectivity index (χ2v) is 8.71. The minimum atomic E-state index is -2.82. The number of rotatable bonds is 10. The maximum atomic E-state index is 13.0. The van der Waals surface area contributed by atoms with E-state index in [2.05, 4.69) is 42.0 Å². The number of oxazole rings is 1. The zero-order chi connectivity index (χ0) is 28.1. The number of fused-ring (bicyclic) bond motifs is 1. The number of benzene rings is 2. The molecule has 206 valence electrons. The fraction of sp³-hybridized carbons (Fsp3) is 0.192. The van der Waals surface area contributed by atoms with Crippen LogP contribution in [-0.2, 0) is 4.79 Å². The molecule has 1 atom stereocenters. The topological polar surface area (TPSA) is 149 Å². The third kappa shape index (κ3) is 6.19. The number of nitrogens with zero attached hydrogens (tertiary/aromatic N) is 4. The molecule has 0 bridgehead atoms. The highest BCUT2D eigenvalue weighted by molar-refractivity contribution is 5.94. The Labute approximate surface area is 226 Å². The third-order valence-corrected chi connectivity index (χ3v) is 5.81. The number of hydrazine groups is 2. The van der Waals surface area contributed by atoms with Crippen LogP contribution in [0.4, 0.5) is 14.5 Å². The number of halogens is 2. The van der Waals surface area contributed by atoms with E-state index in [0.29, 0.717) is 39.9 Å². The van der Waals surface area contributed by atoms with Crippen LogP contribution in [0.2, 0.25) is 0 Å². The number of hydrazone groups is 1. The van der Waals surface area contributed by atoms with Crippen molar-refractivity contribution in [2.24, 2.45) is 5.10 Å². The van der Waals surface area contributed by atoms with Crippen LogP contribution >= 0.6 is 0 Å². The van der Waals surface area contributed by atoms with Crippen LogP contribution in [0.25, 0.3) is 22.6 Å². The third-order valence-electron chi connectivity index (χ3n) is 5.81. The fourth-order valence-corrected chi connectivity index (χ4v) is 4.02. The lowest BCUT2D eigenvalue weighted by Crippen LogP contribution is -2.44. The number of nitrogens with one attached hydrogen (secondary N) is 5. The minimum Gasteiger partial charge on any atom is -0.436 e. The van der Waals surface area contributed by atoms with E-state index in [0.717, 1.165) is 5.56 Å². The smallest absolute Gasteiger partial charge is 0.344 e. The summed E-state index contributed by atoms with van der Waals surface area (Å²) in [6, 6.07) is 17.0. The van der Waals surface area contributed by atoms with Gasteiger partial charge in [0.05, 0.1) is 6.04 Å². The highest BCUT2D eigenvalue weighted by atomic mass is 19.3. The monoisotopic (exact) mass is 549 g/mol. The molecule has 0 fully saturated rings. The molecule has 40 heavy (non-hydrogen) atoms. The SMILES string of the molecule is CC(=O)Nc1ccc2oc(-c3ccnc(C(=O)NCCNC(C4=NN(C(F)F)NN4)c4ccccc4)c3)nc2c1. The Hall–Kier alpha value is -4.95. The van der Waals surface area contributed by atoms with Gasteiger partial charge in [0.15, 0.2) is 11.4 Å². The van der Waals surface area contributed by atoms with Crippen LogP contribution in [0, 0.1) is 0 Å². The number of anilines is 1. The van der Waals surface area contributed by atoms with Gasteiger partial charge in [-0.2, -0.15) is 8.78 Å². The Morgan fingerprint density at radius 2 is 1.90 bits per heavy atom. The van der Waals surface area contributed by atoms with E-state index in [1.54, 1.807) is 30.3 Å². The van der Waals surface area contributed by atoms with Crippen LogP contribution in [0.1, 0.15) is 29.0 Å². The number of carbonyl (C=O) groups is 2. The lowest BCUT2D eigenvalue weighted by molar-refractivity contribution is -0.114. The first-order valence-corrected chi connectivity index (χ1v) is 12.3. The normalized spacial score (nSPS) is 13.7. The predicted octanol–water partition coefficient (Wildman–Crippen LogP) is 2.77. The molecule has 12 nitrogen and oxygen atoms in total. The van der Waals surface area contributed by atoms with Crippen molar-refractivity contribution in [1.29, 1.82) is 0 Å². The van der Waals surface area contributed by atoms with E-state index in [4.69, 9.17) is 4.42 Å². The zero-order valence-electron chi connectivity index (χ0n) is 21.2. The minimum absolute atomic E-state index is 0.164. The van der Waals surface area contributed by atoms with Crippen molar-refractivity contribution in [3.8, 4) is 11.5 Å². The van der Waals surface area contributed by atoms with Crippen molar-refractivity contribution in [2.45, 2.75) is 19.5 Å². The molecule has 0 spiro atoms. The van der Waals surface area contributed by atoms with Crippen LogP contribution in [-0.4, -0.2) is 52.4 Å². The molecule has 0 radical (unpaired) electrons. The van der Waals surface area contributed by atoms with Gasteiger partial charge in [-0.25, -0.2) is 4.98 Å². The molecule has 0 aliphatic carbocycles. The van der Waals surface area contributed by atoms with E-state index < -0.39 is 18.5 Å². The number of hydrogen-bond acceptors (Lipinski definition) is 10. The molecule has 3 heterocycles. The second kappa shape index (κ2) is 11.8. The summed E-state index contributed by atoms with van der Waals surface area (Å²) in [5.41, 5.74) is 8.16. The Balaban J connectivity index is 1.22. The van der Waals surface area contributed by atoms with E-state index in [1.165, 1.54) is 13.1 Å². The molecule has 2 aromatic carbocycles. The van der Waals surface area contributed by atoms with Gasteiger partial charge in [-0.15, -0.1) is 15.8 Å². The Morgan fingerprint density at radius 3 is 2.65 bits per heavy atom. The standard InChI is InChI=1S/C26H25F2N9O3/c1-15(38)32-18-7-8-21-19(14-18)33-25(40-21)17-9-10-29-20(13-17)24(39)31-12-11-30-22(16-5-3-2-4-6-16)23-34-36-37(35-23)26(27)28/h2-10,13-14,22,26,30,36H,11-12H2,1H3,(H,31,39)(H,32,38)(H,34,35). The summed E-state index contributed by atoms with van der Waals surface area (Å²) >= 11 is 0. The van der Waals surface area contributed by atoms with Crippen molar-refractivity contribution in [3.05, 3.63) is 78.1 Å². The first-order valence-electron chi connectivity index (χ1n) is 12.3. The highest BCUT2D eigenvalue weighted by Gasteiger charge is 2.27. The van der Waals surface area contributed by atoms with Crippen molar-refractivity contribution >= 4 is 34.4 Å². The van der Waals surface area contributed by atoms with Crippen molar-refractivity contribution in [1.82, 2.24) is 36.7 Å². The number of amides is 2. The summed E-state index contributed by atoms with van der Waals surface area (Å²) in [5, 5.41) is 13.0. The largest absolute Gasteiger partial charge is 0.436 e. The Bertz CT molecular complexity index is 1540. The number of amidine groups is 1. The van der Waals surface area contributed by atoms with Gasteiger partial charge in [0.2, 0.25) is 11.8 Å². The van der Waals surface area contributed by atoms with Gasteiger partial charge in [-0.3, -0.25) is 20.0 Å². The van der Waals surface area contributed by atoms with E-state index in [-0.39, 0.29) is 24.0 Å². The number of alkyl halides is 2. The van der Waals surface area contributed by atoms with Crippen molar-refractivity contribution in [3.63, 3.8) is 0 Å². The summed E-state index contributed by atoms with van der Waals surface area (Å²) in [4.78, 5) is 32.8. The number of aromatic nitrogens is 2. The molecular weight excluding hydrogens is 524 g/mol. The van der Waals surface area contributed by atoms with E-state index in [1.807, 2.05) is 30.3 Å². The summed E-state index contributed by atoms with van der Waals surface area (Å²) in [6.07, 6.45) is 1.48. The second-order valence-electron chi connectivity index (χ2n) is 8.71. The number of pyridine rings is 1. The van der Waals surface area contributed by atoms with Gasteiger partial charge in [0, 0.05) is 37.5 Å². The molecule has 5 N–H and O–H groups in total. The first-order chi connectivity index (χ1) is 19.4. The molecule has 14 heteroatoms. The van der Waals surface area contributed by atoms with Crippen LogP contribution in [0.15, 0.2) is 76.4 Å². The van der Waals surface area contributed by atoms with Gasteiger partial charge in [0.25, 0.3) is 5.91 Å². The average molecular weight is 550 g/mol. The van der Waals surface area contributed by atoms with Gasteiger partial charge in [0.1, 0.15) is 11.2 Å². The highest BCUT2D eigenvalue weighted by Crippen LogP contribution is 2.26. The molecule has 0 saturated carbocycles. The van der Waals surface area contributed by atoms with Crippen LogP contribution in [0.5, 0.6) is 0 Å². The lowest BCUT2D eigenvalue weighted by atomic mass is 10.1. The van der Waals surface area contributed by atoms with Gasteiger partial charge < -0.3 is 20.4 Å². The molecule has 0 saturated heterocycles. The molecule has 2 amide bonds. The fourth-order valence-electron chi connectivity index (χ4n) is 4.02. The quantitative estimate of drug-likeness (QED) is 0.149. The lowest BCUT2D eigenvalue weighted by Gasteiger charge is -2.18. The van der Waals surface area contributed by atoms with Crippen LogP contribution in [0.3, 0.4) is 0 Å². The summed E-state index contributed by atoms with van der Waals surface area (Å²) in [5.74, 6) is -0.0476. The van der Waals surface area contributed by atoms with Crippen LogP contribution < -0.4 is 26.9 Å². The molecule has 1 aliphatic heterocycles. The maximum Gasteiger partial charge on any atom is 0.344 e. The maximum absolute atomic E-state index is 13.0. The predicted molar refractivity (Wildman–Crippen MR) is 143 cm³/mol. The summed E-state index contributed by atoms with van der Waals surface area (Å²) in [6.45, 7) is -0.869. The van der Waals surface area contributed by atoms with Gasteiger partial charge >= 0.3 is 6.55 Å². The summed E-state index contributed by atoms with van der Waals surface area (Å²) < 4.78 is 31.8. The van der Waals surface area contributed by atoms with Crippen molar-refractivity contribution < 1.29 is 22.8 Å². The Kier molecular flexibility index (Phi) is 7.89. The van der Waals surface area contributed by atoms with Gasteiger partial charge in [-0.1, -0.05) is 30.3 Å². The molecule has 4 aromatic rings. The first kappa shape index (κ1) is 26.6. The average Bonchev–Trinajstić information content (AvgIpc) is 3.61. The Morgan fingerprint density at radius 1 is 1.07 bits per heavy atom. The number of hydrogen-bond donors (Lipinski definition) is 5. The molecule has 2 aromatic heterocycles. The van der Waals surface area contributed by atoms with Crippen molar-refractivity contribution in [2.75, 3.05) is 18.4 Å². The molecule has 1 aliphatic rings.